The Morgan fingerprint density at radius 2 is 2.06 bits per heavy atom. The highest BCUT2D eigenvalue weighted by Crippen LogP contribution is 2.12. The molecule has 0 atom stereocenters. The summed E-state index contributed by atoms with van der Waals surface area (Å²) in [7, 11) is 0. The van der Waals surface area contributed by atoms with Gasteiger partial charge in [0.25, 0.3) is 0 Å². The van der Waals surface area contributed by atoms with Gasteiger partial charge in [0, 0.05) is 11.4 Å². The third-order valence-corrected chi connectivity index (χ3v) is 3.54. The molecule has 5 heteroatoms. The normalized spacial score (nSPS) is 10.1. The number of thiocarbonyl (C=S) groups is 1. The smallest absolute Gasteiger partial charge is 0.170 e. The Hall–Kier alpha value is -1.46. The van der Waals surface area contributed by atoms with Gasteiger partial charge in [-0.15, -0.1) is 11.3 Å². The van der Waals surface area contributed by atoms with Crippen molar-refractivity contribution in [1.29, 1.82) is 0 Å². The molecule has 1 aromatic carbocycles. The first-order valence-corrected chi connectivity index (χ1v) is 6.86. The molecular weight excluding hydrogens is 267 g/mol. The summed E-state index contributed by atoms with van der Waals surface area (Å²) in [6.07, 6.45) is 0.913. The molecule has 0 aliphatic heterocycles. The molecule has 0 bridgehead atoms. The van der Waals surface area contributed by atoms with Crippen LogP contribution in [0.3, 0.4) is 0 Å². The van der Waals surface area contributed by atoms with Crippen LogP contribution in [0.2, 0.25) is 0 Å². The lowest BCUT2D eigenvalue weighted by atomic mass is 10.3. The summed E-state index contributed by atoms with van der Waals surface area (Å²) in [5.41, 5.74) is 0.395. The van der Waals surface area contributed by atoms with Crippen LogP contribution in [0.4, 0.5) is 10.1 Å². The summed E-state index contributed by atoms with van der Waals surface area (Å²) in [5.74, 6) is -0.306. The minimum Gasteiger partial charge on any atom is -0.362 e. The lowest BCUT2D eigenvalue weighted by Gasteiger charge is -2.10. The Labute approximate surface area is 115 Å². The van der Waals surface area contributed by atoms with Crippen molar-refractivity contribution in [3.8, 4) is 0 Å². The van der Waals surface area contributed by atoms with Gasteiger partial charge in [-0.05, 0) is 42.2 Å². The number of anilines is 1. The Morgan fingerprint density at radius 1 is 1.22 bits per heavy atom. The fourth-order valence-electron chi connectivity index (χ4n) is 1.48. The molecule has 0 fully saturated rings. The summed E-state index contributed by atoms with van der Waals surface area (Å²) in [5, 5.41) is 8.38. The number of benzene rings is 1. The minimum atomic E-state index is -0.306. The van der Waals surface area contributed by atoms with E-state index in [2.05, 4.69) is 16.7 Å². The molecule has 2 N–H and O–H groups in total. The number of thiophene rings is 1. The molecule has 0 unspecified atom stereocenters. The fourth-order valence-corrected chi connectivity index (χ4v) is 2.40. The van der Waals surface area contributed by atoms with E-state index >= 15 is 0 Å². The first kappa shape index (κ1) is 13.0. The molecule has 0 saturated heterocycles. The van der Waals surface area contributed by atoms with E-state index in [0.29, 0.717) is 10.8 Å². The Balaban J connectivity index is 1.77. The zero-order chi connectivity index (χ0) is 12.8. The molecule has 2 rings (SSSR count). The van der Waals surface area contributed by atoms with Crippen molar-refractivity contribution in [2.24, 2.45) is 0 Å². The quantitative estimate of drug-likeness (QED) is 0.839. The maximum absolute atomic E-state index is 13.3. The predicted molar refractivity (Wildman–Crippen MR) is 78.6 cm³/mol. The average Bonchev–Trinajstić information content (AvgIpc) is 2.85. The van der Waals surface area contributed by atoms with E-state index in [0.717, 1.165) is 13.0 Å². The van der Waals surface area contributed by atoms with Gasteiger partial charge in [-0.1, -0.05) is 18.2 Å². The molecular formula is C13H13FN2S2. The zero-order valence-corrected chi connectivity index (χ0v) is 11.3. The highest BCUT2D eigenvalue weighted by molar-refractivity contribution is 7.80. The van der Waals surface area contributed by atoms with E-state index in [1.165, 1.54) is 10.9 Å². The molecule has 0 spiro atoms. The van der Waals surface area contributed by atoms with Crippen molar-refractivity contribution in [3.63, 3.8) is 0 Å². The van der Waals surface area contributed by atoms with E-state index in [4.69, 9.17) is 12.2 Å². The fraction of sp³-hybridized carbons (Fsp3) is 0.154. The van der Waals surface area contributed by atoms with E-state index in [-0.39, 0.29) is 5.82 Å². The molecule has 2 nitrogen and oxygen atoms in total. The Kier molecular flexibility index (Phi) is 4.66. The minimum absolute atomic E-state index is 0.306. The second-order valence-corrected chi connectivity index (χ2v) is 5.13. The van der Waals surface area contributed by atoms with Crippen LogP contribution >= 0.6 is 23.6 Å². The van der Waals surface area contributed by atoms with Gasteiger partial charge in [0.05, 0.1) is 5.69 Å². The number of nitrogens with one attached hydrogen (secondary N) is 2. The lowest BCUT2D eigenvalue weighted by molar-refractivity contribution is 0.632. The van der Waals surface area contributed by atoms with Crippen LogP contribution in [0.15, 0.2) is 41.8 Å². The first-order chi connectivity index (χ1) is 8.75. The SMILES string of the molecule is Fc1ccccc1NC(=S)NCCc1cccs1. The lowest BCUT2D eigenvalue weighted by Crippen LogP contribution is -2.30. The van der Waals surface area contributed by atoms with E-state index in [1.54, 1.807) is 29.5 Å². The molecule has 18 heavy (non-hydrogen) atoms. The van der Waals surface area contributed by atoms with Gasteiger partial charge < -0.3 is 10.6 Å². The molecule has 0 aliphatic rings. The van der Waals surface area contributed by atoms with Crippen LogP contribution in [0.25, 0.3) is 0 Å². The van der Waals surface area contributed by atoms with E-state index in [1.807, 2.05) is 11.4 Å². The summed E-state index contributed by atoms with van der Waals surface area (Å²) >= 11 is 6.82. The zero-order valence-electron chi connectivity index (χ0n) is 9.65. The van der Waals surface area contributed by atoms with Crippen LogP contribution < -0.4 is 10.6 Å². The number of halogens is 1. The van der Waals surface area contributed by atoms with Gasteiger partial charge in [0.1, 0.15) is 5.82 Å². The van der Waals surface area contributed by atoms with E-state index in [9.17, 15) is 4.39 Å². The van der Waals surface area contributed by atoms with Crippen LogP contribution in [-0.2, 0) is 6.42 Å². The summed E-state index contributed by atoms with van der Waals surface area (Å²) < 4.78 is 13.3. The second kappa shape index (κ2) is 6.47. The highest BCUT2D eigenvalue weighted by Gasteiger charge is 2.02. The predicted octanol–water partition coefficient (Wildman–Crippen LogP) is 3.42. The van der Waals surface area contributed by atoms with Gasteiger partial charge in [0.15, 0.2) is 5.11 Å². The number of rotatable bonds is 4. The maximum atomic E-state index is 13.3. The van der Waals surface area contributed by atoms with Crippen molar-refractivity contribution in [2.45, 2.75) is 6.42 Å². The van der Waals surface area contributed by atoms with Crippen molar-refractivity contribution in [2.75, 3.05) is 11.9 Å². The Bertz CT molecular complexity index is 511. The third kappa shape index (κ3) is 3.78. The number of para-hydroxylation sites is 1. The summed E-state index contributed by atoms with van der Waals surface area (Å²) in [4.78, 5) is 1.30. The van der Waals surface area contributed by atoms with E-state index < -0.39 is 0 Å². The monoisotopic (exact) mass is 280 g/mol. The van der Waals surface area contributed by atoms with Gasteiger partial charge in [-0.25, -0.2) is 4.39 Å². The number of hydrogen-bond acceptors (Lipinski definition) is 2. The van der Waals surface area contributed by atoms with Gasteiger partial charge in [-0.2, -0.15) is 0 Å². The molecule has 0 saturated carbocycles. The third-order valence-electron chi connectivity index (χ3n) is 2.36. The maximum Gasteiger partial charge on any atom is 0.170 e. The average molecular weight is 280 g/mol. The standard InChI is InChI=1S/C13H13FN2S2/c14-11-5-1-2-6-12(11)16-13(17)15-8-7-10-4-3-9-18-10/h1-6,9H,7-8H2,(H2,15,16,17). The molecule has 0 radical (unpaired) electrons. The summed E-state index contributed by atoms with van der Waals surface area (Å²) in [6, 6.07) is 10.6. The largest absolute Gasteiger partial charge is 0.362 e. The van der Waals surface area contributed by atoms with Crippen molar-refractivity contribution >= 4 is 34.4 Å². The second-order valence-electron chi connectivity index (χ2n) is 3.69. The molecule has 0 aliphatic carbocycles. The molecule has 94 valence electrons. The van der Waals surface area contributed by atoms with Crippen LogP contribution in [0, 0.1) is 5.82 Å². The highest BCUT2D eigenvalue weighted by atomic mass is 32.1. The number of hydrogen-bond donors (Lipinski definition) is 2. The Morgan fingerprint density at radius 3 is 2.78 bits per heavy atom. The molecule has 0 amide bonds. The van der Waals surface area contributed by atoms with Crippen molar-refractivity contribution < 1.29 is 4.39 Å². The van der Waals surface area contributed by atoms with Gasteiger partial charge in [0.2, 0.25) is 0 Å². The van der Waals surface area contributed by atoms with Crippen molar-refractivity contribution in [3.05, 3.63) is 52.5 Å². The molecule has 1 aromatic heterocycles. The van der Waals surface area contributed by atoms with Crippen LogP contribution in [0.5, 0.6) is 0 Å². The van der Waals surface area contributed by atoms with Gasteiger partial charge >= 0.3 is 0 Å². The topological polar surface area (TPSA) is 24.1 Å². The van der Waals surface area contributed by atoms with Crippen LogP contribution in [0.1, 0.15) is 4.88 Å². The van der Waals surface area contributed by atoms with Crippen LogP contribution in [-0.4, -0.2) is 11.7 Å². The first-order valence-electron chi connectivity index (χ1n) is 5.57. The molecule has 2 aromatic rings. The summed E-state index contributed by atoms with van der Waals surface area (Å²) in [6.45, 7) is 0.737. The van der Waals surface area contributed by atoms with Crippen molar-refractivity contribution in [1.82, 2.24) is 5.32 Å². The van der Waals surface area contributed by atoms with Gasteiger partial charge in [-0.3, -0.25) is 0 Å². The molecule has 1 heterocycles.